The normalized spacial score (nSPS) is 43.4. The van der Waals surface area contributed by atoms with Crippen molar-refractivity contribution in [2.75, 3.05) is 0 Å². The van der Waals surface area contributed by atoms with Crippen LogP contribution in [0.15, 0.2) is 11.6 Å². The first-order valence-electron chi connectivity index (χ1n) is 13.1. The van der Waals surface area contributed by atoms with Gasteiger partial charge in [0, 0.05) is 11.8 Å². The molecule has 0 aliphatic heterocycles. The lowest BCUT2D eigenvalue weighted by Gasteiger charge is -2.61. The van der Waals surface area contributed by atoms with E-state index in [-0.39, 0.29) is 16.6 Å². The van der Waals surface area contributed by atoms with E-state index in [2.05, 4.69) is 61.6 Å². The molecule has 0 aromatic carbocycles. The van der Waals surface area contributed by atoms with Gasteiger partial charge in [0.15, 0.2) is 14.1 Å². The van der Waals surface area contributed by atoms with Crippen molar-refractivity contribution in [3.63, 3.8) is 0 Å². The molecule has 1 unspecified atom stereocenters. The van der Waals surface area contributed by atoms with Gasteiger partial charge in [0.1, 0.15) is 0 Å². The Morgan fingerprint density at radius 2 is 1.74 bits per heavy atom. The van der Waals surface area contributed by atoms with Crippen molar-refractivity contribution in [3.05, 3.63) is 11.6 Å². The highest BCUT2D eigenvalue weighted by molar-refractivity contribution is 6.74. The van der Waals surface area contributed by atoms with Gasteiger partial charge in [-0.25, -0.2) is 0 Å². The topological polar surface area (TPSA) is 26.3 Å². The van der Waals surface area contributed by atoms with Crippen molar-refractivity contribution >= 4 is 14.1 Å². The molecule has 31 heavy (non-hydrogen) atoms. The molecule has 3 saturated carbocycles. The van der Waals surface area contributed by atoms with E-state index in [0.29, 0.717) is 23.5 Å². The summed E-state index contributed by atoms with van der Waals surface area (Å²) in [5.41, 5.74) is 1.99. The van der Waals surface area contributed by atoms with E-state index in [0.717, 1.165) is 30.1 Å². The molecule has 0 heterocycles. The molecule has 2 nitrogen and oxygen atoms in total. The second-order valence-corrected chi connectivity index (χ2v) is 18.6. The average Bonchev–Trinajstić information content (AvgIpc) is 2.99. The van der Waals surface area contributed by atoms with Crippen LogP contribution in [0.4, 0.5) is 0 Å². The fraction of sp³-hybridized carbons (Fsp3) is 0.893. The molecule has 3 heteroatoms. The largest absolute Gasteiger partial charge is 0.413 e. The van der Waals surface area contributed by atoms with Gasteiger partial charge in [-0.3, -0.25) is 4.79 Å². The van der Waals surface area contributed by atoms with Crippen LogP contribution in [0.25, 0.3) is 0 Å². The maximum absolute atomic E-state index is 12.8. The molecule has 0 saturated heterocycles. The van der Waals surface area contributed by atoms with Crippen molar-refractivity contribution in [3.8, 4) is 0 Å². The zero-order valence-electron chi connectivity index (χ0n) is 21.8. The Balaban J connectivity index is 1.69. The van der Waals surface area contributed by atoms with Crippen molar-refractivity contribution in [2.24, 2.45) is 40.4 Å². The first kappa shape index (κ1) is 23.7. The highest BCUT2D eigenvalue weighted by Crippen LogP contribution is 2.68. The van der Waals surface area contributed by atoms with Crippen LogP contribution in [0.5, 0.6) is 0 Å². The van der Waals surface area contributed by atoms with Crippen molar-refractivity contribution in [1.82, 2.24) is 0 Å². The molecule has 0 aromatic heterocycles. The maximum atomic E-state index is 12.8. The highest BCUT2D eigenvalue weighted by Gasteiger charge is 2.62. The Kier molecular flexibility index (Phi) is 5.78. The maximum Gasteiger partial charge on any atom is 0.192 e. The minimum absolute atomic E-state index is 0.0452. The van der Waals surface area contributed by atoms with Gasteiger partial charge in [-0.2, -0.15) is 0 Å². The van der Waals surface area contributed by atoms with Crippen LogP contribution in [0.3, 0.4) is 0 Å². The van der Waals surface area contributed by atoms with Gasteiger partial charge in [0.05, 0.1) is 6.10 Å². The molecule has 0 radical (unpaired) electrons. The number of ketones is 1. The molecule has 4 aliphatic rings. The SMILES string of the molecule is CC(C)[C@H]1CC[C@H]2[C@@H]3CCC4=CC(=O)CC(O[Si](C)(C)C(C)(C)C)[C@]4(C)[C@H]3CC[C@]12C. The number of hydrogen-bond acceptors (Lipinski definition) is 2. The molecular formula is C28H48O2Si. The second kappa shape index (κ2) is 7.55. The zero-order valence-corrected chi connectivity index (χ0v) is 22.8. The Labute approximate surface area is 193 Å². The first-order valence-corrected chi connectivity index (χ1v) is 16.0. The van der Waals surface area contributed by atoms with Crippen molar-refractivity contribution in [1.29, 1.82) is 0 Å². The molecule has 0 amide bonds. The van der Waals surface area contributed by atoms with Gasteiger partial charge in [0.25, 0.3) is 0 Å². The van der Waals surface area contributed by atoms with Gasteiger partial charge in [-0.05, 0) is 97.7 Å². The Morgan fingerprint density at radius 1 is 1.06 bits per heavy atom. The molecule has 0 aromatic rings. The van der Waals surface area contributed by atoms with E-state index >= 15 is 0 Å². The van der Waals surface area contributed by atoms with Crippen molar-refractivity contribution < 1.29 is 9.22 Å². The number of hydrogen-bond donors (Lipinski definition) is 0. The summed E-state index contributed by atoms with van der Waals surface area (Å²) in [6.07, 6.45) is 10.6. The van der Waals surface area contributed by atoms with E-state index in [4.69, 9.17) is 4.43 Å². The predicted molar refractivity (Wildman–Crippen MR) is 132 cm³/mol. The zero-order chi connectivity index (χ0) is 23.0. The van der Waals surface area contributed by atoms with Crippen LogP contribution in [0.1, 0.15) is 93.4 Å². The number of fused-ring (bicyclic) bond motifs is 5. The summed E-state index contributed by atoms with van der Waals surface area (Å²) in [7, 11) is -1.95. The summed E-state index contributed by atoms with van der Waals surface area (Å²) < 4.78 is 7.11. The molecule has 7 atom stereocenters. The molecule has 4 rings (SSSR count). The number of carbonyl (C=O) groups is 1. The first-order chi connectivity index (χ1) is 14.2. The fourth-order valence-corrected chi connectivity index (χ4v) is 9.81. The quantitative estimate of drug-likeness (QED) is 0.415. The molecule has 0 N–H and O–H groups in total. The fourth-order valence-electron chi connectivity index (χ4n) is 8.42. The summed E-state index contributed by atoms with van der Waals surface area (Å²) in [5, 5.41) is 0.170. The standard InChI is InChI=1S/C28H48O2Si/c1-18(2)22-12-13-23-21-11-10-19-16-20(29)17-25(30-31(8,9)26(3,4)5)28(19,7)24(21)14-15-27(22,23)6/h16,18,21-25H,10-15,17H2,1-9H3/t21-,22+,23-,24-,25?,27+,28-/m0/s1. The van der Waals surface area contributed by atoms with Gasteiger partial charge in [-0.1, -0.05) is 54.0 Å². The third-order valence-corrected chi connectivity index (χ3v) is 15.6. The molecule has 0 spiro atoms. The summed E-state index contributed by atoms with van der Waals surface area (Å²) >= 11 is 0. The molecule has 4 aliphatic carbocycles. The van der Waals surface area contributed by atoms with Crippen LogP contribution in [-0.4, -0.2) is 20.2 Å². The van der Waals surface area contributed by atoms with Gasteiger partial charge < -0.3 is 4.43 Å². The van der Waals surface area contributed by atoms with Crippen LogP contribution in [0, 0.1) is 40.4 Å². The molecule has 0 bridgehead atoms. The minimum Gasteiger partial charge on any atom is -0.413 e. The predicted octanol–water partition coefficient (Wildman–Crippen LogP) is 7.79. The second-order valence-electron chi connectivity index (χ2n) is 13.9. The Bertz CT molecular complexity index is 759. The number of carbonyl (C=O) groups excluding carboxylic acids is 1. The van der Waals surface area contributed by atoms with E-state index in [1.807, 2.05) is 6.08 Å². The van der Waals surface area contributed by atoms with Crippen LogP contribution in [-0.2, 0) is 9.22 Å². The monoisotopic (exact) mass is 444 g/mol. The van der Waals surface area contributed by atoms with Gasteiger partial charge in [0.2, 0.25) is 0 Å². The third kappa shape index (κ3) is 3.55. The molecular weight excluding hydrogens is 396 g/mol. The summed E-state index contributed by atoms with van der Waals surface area (Å²) in [4.78, 5) is 12.8. The lowest BCUT2D eigenvalue weighted by atomic mass is 9.46. The average molecular weight is 445 g/mol. The third-order valence-electron chi connectivity index (χ3n) is 11.2. The van der Waals surface area contributed by atoms with Crippen LogP contribution in [0.2, 0.25) is 18.1 Å². The molecule has 3 fully saturated rings. The van der Waals surface area contributed by atoms with E-state index in [1.165, 1.54) is 37.7 Å². The van der Waals surface area contributed by atoms with Gasteiger partial charge in [-0.15, -0.1) is 0 Å². The van der Waals surface area contributed by atoms with Crippen LogP contribution >= 0.6 is 0 Å². The Morgan fingerprint density at radius 3 is 2.35 bits per heavy atom. The van der Waals surface area contributed by atoms with Crippen molar-refractivity contribution in [2.45, 2.75) is 118 Å². The van der Waals surface area contributed by atoms with Crippen LogP contribution < -0.4 is 0 Å². The summed E-state index contributed by atoms with van der Waals surface area (Å²) in [6, 6.07) is 0. The molecule has 176 valence electrons. The Hall–Kier alpha value is -0.413. The van der Waals surface area contributed by atoms with E-state index in [9.17, 15) is 4.79 Å². The smallest absolute Gasteiger partial charge is 0.192 e. The lowest BCUT2D eigenvalue weighted by Crippen LogP contribution is -2.58. The lowest BCUT2D eigenvalue weighted by molar-refractivity contribution is -0.126. The van der Waals surface area contributed by atoms with Gasteiger partial charge >= 0.3 is 0 Å². The number of rotatable bonds is 3. The van der Waals surface area contributed by atoms with E-state index in [1.54, 1.807) is 0 Å². The van der Waals surface area contributed by atoms with E-state index < -0.39 is 8.32 Å². The highest BCUT2D eigenvalue weighted by atomic mass is 28.4. The summed E-state index contributed by atoms with van der Waals surface area (Å²) in [6.45, 7) is 21.7. The minimum atomic E-state index is -1.95. The summed E-state index contributed by atoms with van der Waals surface area (Å²) in [5.74, 6) is 4.33.